The molecule has 1 heterocycles. The molecular formula is C15H15N3O4. The van der Waals surface area contributed by atoms with E-state index < -0.39 is 23.3 Å². The number of nitrogens with zero attached hydrogens (tertiary/aromatic N) is 2. The Labute approximate surface area is 126 Å². The first-order valence-electron chi connectivity index (χ1n) is 6.96. The van der Waals surface area contributed by atoms with Gasteiger partial charge in [-0.15, -0.1) is 0 Å². The predicted octanol–water partition coefficient (Wildman–Crippen LogP) is 1.78. The minimum absolute atomic E-state index is 0.313. The maximum Gasteiger partial charge on any atom is 0.319 e. The van der Waals surface area contributed by atoms with Crippen LogP contribution in [-0.2, 0) is 9.59 Å². The van der Waals surface area contributed by atoms with Crippen LogP contribution >= 0.6 is 0 Å². The van der Waals surface area contributed by atoms with Gasteiger partial charge in [-0.05, 0) is 31.9 Å². The summed E-state index contributed by atoms with van der Waals surface area (Å²) < 4.78 is 5.17. The van der Waals surface area contributed by atoms with Crippen molar-refractivity contribution in [3.05, 3.63) is 36.2 Å². The number of aromatic nitrogens is 2. The fraction of sp³-hybridized carbons (Fsp3) is 0.333. The number of hydrogen-bond acceptors (Lipinski definition) is 5. The third kappa shape index (κ3) is 2.45. The summed E-state index contributed by atoms with van der Waals surface area (Å²) in [4.78, 5) is 27.4. The molecule has 3 rings (SSSR count). The Morgan fingerprint density at radius 2 is 2.00 bits per heavy atom. The van der Waals surface area contributed by atoms with Crippen molar-refractivity contribution in [1.29, 1.82) is 0 Å². The molecule has 1 unspecified atom stereocenters. The third-order valence-electron chi connectivity index (χ3n) is 3.79. The van der Waals surface area contributed by atoms with Gasteiger partial charge in [0.25, 0.3) is 5.89 Å². The van der Waals surface area contributed by atoms with E-state index in [1.165, 1.54) is 0 Å². The van der Waals surface area contributed by atoms with Crippen molar-refractivity contribution in [3.8, 4) is 11.5 Å². The Hall–Kier alpha value is -2.70. The highest BCUT2D eigenvalue weighted by Gasteiger charge is 2.57. The highest BCUT2D eigenvalue weighted by molar-refractivity contribution is 6.04. The van der Waals surface area contributed by atoms with Gasteiger partial charge in [0, 0.05) is 5.56 Å². The quantitative estimate of drug-likeness (QED) is 0.815. The molecule has 0 radical (unpaired) electrons. The first-order chi connectivity index (χ1) is 10.5. The van der Waals surface area contributed by atoms with Crippen molar-refractivity contribution >= 4 is 11.9 Å². The van der Waals surface area contributed by atoms with Gasteiger partial charge in [0.2, 0.25) is 5.91 Å². The summed E-state index contributed by atoms with van der Waals surface area (Å²) in [5, 5.41) is 15.6. The Kier molecular flexibility index (Phi) is 3.40. The van der Waals surface area contributed by atoms with Gasteiger partial charge in [0.15, 0.2) is 5.82 Å². The number of rotatable bonds is 5. The highest BCUT2D eigenvalue weighted by Crippen LogP contribution is 2.46. The first-order valence-corrected chi connectivity index (χ1v) is 6.96. The smallest absolute Gasteiger partial charge is 0.319 e. The van der Waals surface area contributed by atoms with Crippen molar-refractivity contribution in [3.63, 3.8) is 0 Å². The van der Waals surface area contributed by atoms with Gasteiger partial charge >= 0.3 is 5.97 Å². The second-order valence-corrected chi connectivity index (χ2v) is 5.41. The zero-order chi connectivity index (χ0) is 15.7. The summed E-state index contributed by atoms with van der Waals surface area (Å²) in [7, 11) is 0. The average Bonchev–Trinajstić information content (AvgIpc) is 3.19. The number of amides is 1. The maximum absolute atomic E-state index is 12.1. The fourth-order valence-corrected chi connectivity index (χ4v) is 2.17. The normalized spacial score (nSPS) is 16.8. The number of carbonyl (C=O) groups is 2. The Bertz CT molecular complexity index is 707. The van der Waals surface area contributed by atoms with Crippen molar-refractivity contribution in [1.82, 2.24) is 15.5 Å². The van der Waals surface area contributed by atoms with Crippen LogP contribution in [0, 0.1) is 5.41 Å². The van der Waals surface area contributed by atoms with Gasteiger partial charge in [0.05, 0.1) is 6.04 Å². The highest BCUT2D eigenvalue weighted by atomic mass is 16.5. The molecule has 2 N–H and O–H groups in total. The van der Waals surface area contributed by atoms with Crippen LogP contribution in [0.1, 0.15) is 31.6 Å². The zero-order valence-corrected chi connectivity index (χ0v) is 11.9. The van der Waals surface area contributed by atoms with Crippen LogP contribution in [0.4, 0.5) is 0 Å². The van der Waals surface area contributed by atoms with Crippen LogP contribution < -0.4 is 5.32 Å². The summed E-state index contributed by atoms with van der Waals surface area (Å²) in [5.74, 6) is -0.918. The van der Waals surface area contributed by atoms with E-state index in [1.54, 1.807) is 6.92 Å². The predicted molar refractivity (Wildman–Crippen MR) is 75.6 cm³/mol. The van der Waals surface area contributed by atoms with E-state index in [0.717, 1.165) is 5.56 Å². The molecule has 22 heavy (non-hydrogen) atoms. The summed E-state index contributed by atoms with van der Waals surface area (Å²) >= 11 is 0. The Morgan fingerprint density at radius 1 is 1.32 bits per heavy atom. The molecule has 1 aliphatic rings. The molecule has 0 bridgehead atoms. The Balaban J connectivity index is 1.71. The van der Waals surface area contributed by atoms with E-state index >= 15 is 0 Å². The summed E-state index contributed by atoms with van der Waals surface area (Å²) in [6.07, 6.45) is 0.727. The minimum Gasteiger partial charge on any atom is -0.480 e. The monoisotopic (exact) mass is 301 g/mol. The molecule has 7 heteroatoms. The van der Waals surface area contributed by atoms with Crippen LogP contribution in [0.15, 0.2) is 34.9 Å². The van der Waals surface area contributed by atoms with E-state index in [9.17, 15) is 9.59 Å². The van der Waals surface area contributed by atoms with E-state index in [2.05, 4.69) is 15.5 Å². The average molecular weight is 301 g/mol. The van der Waals surface area contributed by atoms with Crippen LogP contribution in [0.5, 0.6) is 0 Å². The maximum atomic E-state index is 12.1. The standard InChI is InChI=1S/C15H15N3O4/c1-9(16-13(19)15(7-8-15)14(20)21)11-17-12(22-18-11)10-5-3-2-4-6-10/h2-6,9H,7-8H2,1H3,(H,16,19)(H,20,21). The van der Waals surface area contributed by atoms with Gasteiger partial charge in [0.1, 0.15) is 5.41 Å². The number of carboxylic acids is 1. The van der Waals surface area contributed by atoms with Crippen LogP contribution in [0.3, 0.4) is 0 Å². The SMILES string of the molecule is CC(NC(=O)C1(C(=O)O)CC1)c1noc(-c2ccccc2)n1. The van der Waals surface area contributed by atoms with Crippen molar-refractivity contribution in [2.24, 2.45) is 5.41 Å². The van der Waals surface area contributed by atoms with Gasteiger partial charge in [-0.25, -0.2) is 0 Å². The van der Waals surface area contributed by atoms with Gasteiger partial charge in [-0.3, -0.25) is 9.59 Å². The second-order valence-electron chi connectivity index (χ2n) is 5.41. The van der Waals surface area contributed by atoms with Crippen LogP contribution in [-0.4, -0.2) is 27.1 Å². The molecule has 0 spiro atoms. The van der Waals surface area contributed by atoms with Gasteiger partial charge in [-0.2, -0.15) is 4.98 Å². The van der Waals surface area contributed by atoms with Crippen LogP contribution in [0.2, 0.25) is 0 Å². The molecule has 2 aromatic rings. The van der Waals surface area contributed by atoms with E-state index in [1.807, 2.05) is 30.3 Å². The van der Waals surface area contributed by atoms with E-state index in [4.69, 9.17) is 9.63 Å². The van der Waals surface area contributed by atoms with Crippen molar-refractivity contribution < 1.29 is 19.2 Å². The lowest BCUT2D eigenvalue weighted by molar-refractivity contribution is -0.149. The largest absolute Gasteiger partial charge is 0.480 e. The number of hydrogen-bond donors (Lipinski definition) is 2. The molecular weight excluding hydrogens is 286 g/mol. The summed E-state index contributed by atoms with van der Waals surface area (Å²) in [5.41, 5.74) is -0.496. The molecule has 0 saturated heterocycles. The number of aliphatic carboxylic acids is 1. The zero-order valence-electron chi connectivity index (χ0n) is 11.9. The lowest BCUT2D eigenvalue weighted by atomic mass is 10.1. The first kappa shape index (κ1) is 14.2. The molecule has 1 aromatic carbocycles. The molecule has 114 valence electrons. The minimum atomic E-state index is -1.28. The molecule has 1 amide bonds. The van der Waals surface area contributed by atoms with E-state index in [-0.39, 0.29) is 0 Å². The van der Waals surface area contributed by atoms with Crippen molar-refractivity contribution in [2.75, 3.05) is 0 Å². The molecule has 7 nitrogen and oxygen atoms in total. The number of carbonyl (C=O) groups excluding carboxylic acids is 1. The topological polar surface area (TPSA) is 105 Å². The lowest BCUT2D eigenvalue weighted by Gasteiger charge is -2.14. The molecule has 1 fully saturated rings. The summed E-state index contributed by atoms with van der Waals surface area (Å²) in [6.45, 7) is 1.69. The number of nitrogens with one attached hydrogen (secondary N) is 1. The van der Waals surface area contributed by atoms with Gasteiger partial charge < -0.3 is 14.9 Å². The lowest BCUT2D eigenvalue weighted by Crippen LogP contribution is -2.38. The van der Waals surface area contributed by atoms with Gasteiger partial charge in [-0.1, -0.05) is 23.4 Å². The molecule has 1 atom stereocenters. The molecule has 1 aromatic heterocycles. The molecule has 1 aliphatic carbocycles. The third-order valence-corrected chi connectivity index (χ3v) is 3.79. The van der Waals surface area contributed by atoms with Crippen molar-refractivity contribution in [2.45, 2.75) is 25.8 Å². The molecule has 1 saturated carbocycles. The molecule has 0 aliphatic heterocycles. The second kappa shape index (κ2) is 5.25. The number of benzene rings is 1. The van der Waals surface area contributed by atoms with E-state index in [0.29, 0.717) is 24.6 Å². The summed E-state index contributed by atoms with van der Waals surface area (Å²) in [6, 6.07) is 8.74. The fourth-order valence-electron chi connectivity index (χ4n) is 2.17. The Morgan fingerprint density at radius 3 is 2.59 bits per heavy atom. The number of carboxylic acid groups (broad SMARTS) is 1. The van der Waals surface area contributed by atoms with Crippen LogP contribution in [0.25, 0.3) is 11.5 Å².